The van der Waals surface area contributed by atoms with Gasteiger partial charge in [-0.25, -0.2) is 9.48 Å². The largest absolute Gasteiger partial charge is 0.447 e. The number of fused-ring (bicyclic) bond motifs is 1. The monoisotopic (exact) mass is 394 g/mol. The molecule has 0 bridgehead atoms. The number of rotatable bonds is 6. The average Bonchev–Trinajstić information content (AvgIpc) is 3.38. The van der Waals surface area contributed by atoms with Crippen LogP contribution in [0.4, 0.5) is 10.5 Å². The summed E-state index contributed by atoms with van der Waals surface area (Å²) in [6.07, 6.45) is 3.90. The fourth-order valence-corrected chi connectivity index (χ4v) is 4.22. The zero-order chi connectivity index (χ0) is 20.3. The van der Waals surface area contributed by atoms with Gasteiger partial charge in [-0.15, -0.1) is 5.10 Å². The van der Waals surface area contributed by atoms with E-state index in [9.17, 15) is 4.79 Å². The molecule has 2 aromatic carbocycles. The quantitative estimate of drug-likeness (QED) is 0.690. The Hall–Kier alpha value is -3.00. The van der Waals surface area contributed by atoms with Gasteiger partial charge in [0.2, 0.25) is 0 Å². The molecule has 8 nitrogen and oxygen atoms in total. The Morgan fingerprint density at radius 2 is 1.93 bits per heavy atom. The van der Waals surface area contributed by atoms with Gasteiger partial charge in [0.25, 0.3) is 0 Å². The lowest BCUT2D eigenvalue weighted by Gasteiger charge is -2.34. The zero-order valence-corrected chi connectivity index (χ0v) is 16.8. The molecule has 1 fully saturated rings. The van der Waals surface area contributed by atoms with Gasteiger partial charge in [-0.1, -0.05) is 49.2 Å². The molecule has 4 rings (SSSR count). The van der Waals surface area contributed by atoms with Crippen molar-refractivity contribution >= 4 is 22.6 Å². The van der Waals surface area contributed by atoms with Gasteiger partial charge in [0.1, 0.15) is 6.61 Å². The molecule has 152 valence electrons. The Balaban J connectivity index is 1.39. The Morgan fingerprint density at radius 1 is 1.17 bits per heavy atom. The smallest absolute Gasteiger partial charge is 0.411 e. The molecule has 8 heteroatoms. The molecule has 0 atom stereocenters. The first-order chi connectivity index (χ1) is 14.1. The second-order valence-corrected chi connectivity index (χ2v) is 7.65. The van der Waals surface area contributed by atoms with Crippen LogP contribution in [0.1, 0.15) is 31.5 Å². The highest BCUT2D eigenvalue weighted by Crippen LogP contribution is 2.41. The van der Waals surface area contributed by atoms with E-state index in [2.05, 4.69) is 39.8 Å². The molecule has 1 aliphatic carbocycles. The molecule has 1 saturated carbocycles. The number of carbonyl (C=O) groups excluding carboxylic acids is 1. The summed E-state index contributed by atoms with van der Waals surface area (Å²) >= 11 is 0. The first-order valence-corrected chi connectivity index (χ1v) is 9.96. The summed E-state index contributed by atoms with van der Waals surface area (Å²) in [5.41, 5.74) is 0.586. The SMILES string of the molecule is CN(C)C1(c2nnnn2CCOC(=O)Nc2cccc3ccccc23)CCCC1. The standard InChI is InChI=1S/C21H26N6O2/c1-26(2)21(12-5-6-13-21)19-23-24-25-27(19)14-15-29-20(28)22-18-11-7-9-16-8-3-4-10-17(16)18/h3-4,7-11H,5-6,12-15H2,1-2H3,(H,22,28). The summed E-state index contributed by atoms with van der Waals surface area (Å²) in [7, 11) is 4.14. The zero-order valence-electron chi connectivity index (χ0n) is 16.8. The lowest BCUT2D eigenvalue weighted by Crippen LogP contribution is -2.41. The van der Waals surface area contributed by atoms with Gasteiger partial charge in [-0.05, 0) is 48.8 Å². The van der Waals surface area contributed by atoms with Crippen molar-refractivity contribution in [2.24, 2.45) is 0 Å². The molecule has 0 unspecified atom stereocenters. The fraction of sp³-hybridized carbons (Fsp3) is 0.429. The van der Waals surface area contributed by atoms with Crippen LogP contribution in [0.25, 0.3) is 10.8 Å². The number of hydrogen-bond acceptors (Lipinski definition) is 6. The predicted molar refractivity (Wildman–Crippen MR) is 111 cm³/mol. The highest BCUT2D eigenvalue weighted by atomic mass is 16.5. The molecular formula is C21H26N6O2. The number of benzene rings is 2. The summed E-state index contributed by atoms with van der Waals surface area (Å²) in [6.45, 7) is 0.610. The van der Waals surface area contributed by atoms with Gasteiger partial charge in [-0.2, -0.15) is 0 Å². The van der Waals surface area contributed by atoms with Crippen LogP contribution in [-0.4, -0.2) is 51.9 Å². The van der Waals surface area contributed by atoms with E-state index in [0.29, 0.717) is 6.54 Å². The topological polar surface area (TPSA) is 85.2 Å². The van der Waals surface area contributed by atoms with Gasteiger partial charge in [0, 0.05) is 5.39 Å². The van der Waals surface area contributed by atoms with E-state index < -0.39 is 6.09 Å². The predicted octanol–water partition coefficient (Wildman–Crippen LogP) is 3.41. The van der Waals surface area contributed by atoms with Crippen molar-refractivity contribution in [3.63, 3.8) is 0 Å². The third-order valence-electron chi connectivity index (χ3n) is 5.80. The van der Waals surface area contributed by atoms with Gasteiger partial charge in [-0.3, -0.25) is 10.2 Å². The van der Waals surface area contributed by atoms with Crippen LogP contribution in [0.5, 0.6) is 0 Å². The Bertz CT molecular complexity index is 988. The number of nitrogens with one attached hydrogen (secondary N) is 1. The maximum Gasteiger partial charge on any atom is 0.411 e. The molecule has 0 aliphatic heterocycles. The maximum atomic E-state index is 12.3. The minimum Gasteiger partial charge on any atom is -0.447 e. The summed E-state index contributed by atoms with van der Waals surface area (Å²) in [5.74, 6) is 0.845. The number of aromatic nitrogens is 4. The summed E-state index contributed by atoms with van der Waals surface area (Å²) < 4.78 is 7.16. The van der Waals surface area contributed by atoms with E-state index in [-0.39, 0.29) is 12.1 Å². The van der Waals surface area contributed by atoms with Crippen molar-refractivity contribution in [2.45, 2.75) is 37.8 Å². The van der Waals surface area contributed by atoms with Crippen molar-refractivity contribution in [3.05, 3.63) is 48.3 Å². The highest BCUT2D eigenvalue weighted by molar-refractivity contribution is 6.00. The van der Waals surface area contributed by atoms with Gasteiger partial charge in [0.15, 0.2) is 5.82 Å². The third kappa shape index (κ3) is 3.80. The molecule has 1 N–H and O–H groups in total. The van der Waals surface area contributed by atoms with Gasteiger partial charge < -0.3 is 4.74 Å². The van der Waals surface area contributed by atoms with E-state index in [0.717, 1.165) is 48.0 Å². The number of nitrogens with zero attached hydrogens (tertiary/aromatic N) is 5. The lowest BCUT2D eigenvalue weighted by molar-refractivity contribution is 0.130. The van der Waals surface area contributed by atoms with E-state index in [1.165, 1.54) is 0 Å². The van der Waals surface area contributed by atoms with Crippen LogP contribution < -0.4 is 5.32 Å². The van der Waals surface area contributed by atoms with Gasteiger partial charge in [0.05, 0.1) is 17.8 Å². The van der Waals surface area contributed by atoms with E-state index in [1.807, 2.05) is 42.5 Å². The molecule has 1 aromatic heterocycles. The molecule has 0 spiro atoms. The fourth-order valence-electron chi connectivity index (χ4n) is 4.22. The van der Waals surface area contributed by atoms with Crippen molar-refractivity contribution in [2.75, 3.05) is 26.0 Å². The third-order valence-corrected chi connectivity index (χ3v) is 5.80. The van der Waals surface area contributed by atoms with Crippen LogP contribution in [0.15, 0.2) is 42.5 Å². The molecule has 1 amide bonds. The summed E-state index contributed by atoms with van der Waals surface area (Å²) in [6, 6.07) is 13.7. The van der Waals surface area contributed by atoms with Crippen LogP contribution in [0, 0.1) is 0 Å². The Morgan fingerprint density at radius 3 is 2.72 bits per heavy atom. The molecule has 0 saturated heterocycles. The number of carbonyl (C=O) groups is 1. The first kappa shape index (κ1) is 19.3. The molecule has 3 aromatic rings. The molecule has 1 aliphatic rings. The lowest BCUT2D eigenvalue weighted by atomic mass is 9.95. The van der Waals surface area contributed by atoms with Crippen molar-refractivity contribution in [1.29, 1.82) is 0 Å². The number of tetrazole rings is 1. The molecular weight excluding hydrogens is 368 g/mol. The van der Waals surface area contributed by atoms with Crippen molar-refractivity contribution in [1.82, 2.24) is 25.1 Å². The average molecular weight is 394 g/mol. The van der Waals surface area contributed by atoms with Gasteiger partial charge >= 0.3 is 6.09 Å². The van der Waals surface area contributed by atoms with Crippen LogP contribution in [-0.2, 0) is 16.8 Å². The maximum absolute atomic E-state index is 12.3. The normalized spacial score (nSPS) is 15.7. The molecule has 29 heavy (non-hydrogen) atoms. The van der Waals surface area contributed by atoms with E-state index >= 15 is 0 Å². The van der Waals surface area contributed by atoms with Crippen molar-refractivity contribution in [3.8, 4) is 0 Å². The van der Waals surface area contributed by atoms with Crippen LogP contribution >= 0.6 is 0 Å². The minimum atomic E-state index is -0.487. The minimum absolute atomic E-state index is 0.144. The number of ether oxygens (including phenoxy) is 1. The summed E-state index contributed by atoms with van der Waals surface area (Å²) in [4.78, 5) is 14.5. The summed E-state index contributed by atoms with van der Waals surface area (Å²) in [5, 5.41) is 17.2. The molecule has 0 radical (unpaired) electrons. The highest BCUT2D eigenvalue weighted by Gasteiger charge is 2.42. The number of anilines is 1. The second-order valence-electron chi connectivity index (χ2n) is 7.65. The number of hydrogen-bond donors (Lipinski definition) is 1. The van der Waals surface area contributed by atoms with Crippen LogP contribution in [0.2, 0.25) is 0 Å². The van der Waals surface area contributed by atoms with Crippen LogP contribution in [0.3, 0.4) is 0 Å². The van der Waals surface area contributed by atoms with E-state index in [4.69, 9.17) is 4.74 Å². The van der Waals surface area contributed by atoms with E-state index in [1.54, 1.807) is 4.68 Å². The van der Waals surface area contributed by atoms with Crippen molar-refractivity contribution < 1.29 is 9.53 Å². The molecule has 1 heterocycles. The first-order valence-electron chi connectivity index (χ1n) is 9.96. The number of amides is 1. The Labute approximate surface area is 169 Å². The Kier molecular flexibility index (Phi) is 5.44. The second kappa shape index (κ2) is 8.16.